The molecule has 0 saturated heterocycles. The molecule has 0 radical (unpaired) electrons. The lowest BCUT2D eigenvalue weighted by Crippen LogP contribution is -2.15. The third kappa shape index (κ3) is 3.84. The predicted molar refractivity (Wildman–Crippen MR) is 130 cm³/mol. The Kier molecular flexibility index (Phi) is 4.85. The Balaban J connectivity index is 1.55. The van der Waals surface area contributed by atoms with Gasteiger partial charge in [0.1, 0.15) is 37.6 Å². The molecule has 0 saturated carbocycles. The van der Waals surface area contributed by atoms with E-state index in [9.17, 15) is 19.2 Å². The van der Waals surface area contributed by atoms with E-state index in [2.05, 4.69) is 39.9 Å². The summed E-state index contributed by atoms with van der Waals surface area (Å²) in [6.45, 7) is 0. The van der Waals surface area contributed by atoms with Crippen LogP contribution in [-0.2, 0) is 0 Å². The topological polar surface area (TPSA) is 256 Å². The third-order valence-corrected chi connectivity index (χ3v) is 5.21. The normalized spacial score (nSPS) is 11.4. The van der Waals surface area contributed by atoms with Crippen LogP contribution in [0.2, 0.25) is 0 Å². The monoisotopic (exact) mass is 544 g/mol. The first-order chi connectivity index (χ1) is 19.4. The van der Waals surface area contributed by atoms with Crippen LogP contribution in [0.5, 0.6) is 0 Å². The van der Waals surface area contributed by atoms with Gasteiger partial charge >= 0.3 is 11.1 Å². The molecule has 7 rings (SSSR count). The van der Waals surface area contributed by atoms with Crippen molar-refractivity contribution in [3.05, 3.63) is 79.0 Å². The molecule has 0 aliphatic heterocycles. The summed E-state index contributed by atoms with van der Waals surface area (Å²) in [7, 11) is 0. The summed E-state index contributed by atoms with van der Waals surface area (Å²) in [6, 6.07) is 0. The molecule has 0 amide bonds. The molecule has 18 heteroatoms. The Bertz CT molecular complexity index is 2210. The Hall–Kier alpha value is -6.46. The van der Waals surface area contributed by atoms with Crippen molar-refractivity contribution in [3.63, 3.8) is 0 Å². The average Bonchev–Trinajstić information content (AvgIpc) is 3.79. The van der Waals surface area contributed by atoms with Crippen LogP contribution in [0, 0.1) is 0 Å². The first-order valence-corrected chi connectivity index (χ1v) is 10.9. The quantitative estimate of drug-likeness (QED) is 0.274. The molecule has 18 nitrogen and oxygen atoms in total. The molecule has 7 aromatic heterocycles. The Morgan fingerprint density at radius 3 is 0.950 bits per heavy atom. The van der Waals surface area contributed by atoms with E-state index >= 15 is 0 Å². The minimum absolute atomic E-state index is 0.00398. The Labute approximate surface area is 213 Å². The third-order valence-electron chi connectivity index (χ3n) is 5.21. The first kappa shape index (κ1) is 22.7. The molecular weight excluding hydrogens is 536 g/mol. The number of aromatic nitrogens is 8. The molecule has 0 atom stereocenters. The summed E-state index contributed by atoms with van der Waals surface area (Å²) >= 11 is 0. The predicted octanol–water partition coefficient (Wildman–Crippen LogP) is 1.44. The molecule has 0 aromatic carbocycles. The first-order valence-electron chi connectivity index (χ1n) is 10.9. The van der Waals surface area contributed by atoms with Crippen LogP contribution in [0.1, 0.15) is 0 Å². The van der Waals surface area contributed by atoms with Gasteiger partial charge in [-0.05, 0) is 0 Å². The molecule has 0 aliphatic rings. The number of nitrogens with zero attached hydrogens (tertiary/aromatic N) is 6. The fraction of sp³-hybridized carbons (Fsp3) is 0. The summed E-state index contributed by atoms with van der Waals surface area (Å²) in [5.74, 6) is 0. The fourth-order valence-electron chi connectivity index (χ4n) is 3.36. The van der Waals surface area contributed by atoms with Gasteiger partial charge in [0.25, 0.3) is 22.5 Å². The van der Waals surface area contributed by atoms with Gasteiger partial charge in [-0.1, -0.05) is 0 Å². The lowest BCUT2D eigenvalue weighted by Gasteiger charge is -1.75. The van der Waals surface area contributed by atoms with Crippen molar-refractivity contribution in [2.45, 2.75) is 0 Å². The molecule has 12 bridgehead atoms. The molecule has 0 unspecified atom stereocenters. The number of hydrogen-bond acceptors (Lipinski definition) is 16. The second kappa shape index (κ2) is 8.55. The van der Waals surface area contributed by atoms with Crippen LogP contribution in [0.15, 0.2) is 83.3 Å². The molecule has 0 aliphatic carbocycles. The summed E-state index contributed by atoms with van der Waals surface area (Å²) < 4.78 is 31.5. The summed E-state index contributed by atoms with van der Waals surface area (Å²) in [5.41, 5.74) is -5.59. The number of nitrogens with one attached hydrogen (secondary N) is 2. The second-order valence-corrected chi connectivity index (χ2v) is 7.79. The van der Waals surface area contributed by atoms with E-state index in [1.807, 2.05) is 0 Å². The van der Waals surface area contributed by atoms with E-state index in [0.29, 0.717) is 0 Å². The van der Waals surface area contributed by atoms with Crippen LogP contribution < -0.4 is 22.2 Å². The molecule has 40 heavy (non-hydrogen) atoms. The maximum atomic E-state index is 12.5. The average molecular weight is 544 g/mol. The van der Waals surface area contributed by atoms with E-state index < -0.39 is 33.7 Å². The second-order valence-electron chi connectivity index (χ2n) is 7.79. The molecule has 0 spiro atoms. The van der Waals surface area contributed by atoms with Gasteiger partial charge < -0.3 is 26.5 Å². The van der Waals surface area contributed by atoms with Crippen molar-refractivity contribution >= 4 is 67.4 Å². The molecule has 196 valence electrons. The van der Waals surface area contributed by atoms with Crippen molar-refractivity contribution in [2.75, 3.05) is 0 Å². The van der Waals surface area contributed by atoms with Crippen LogP contribution in [0.25, 0.3) is 67.4 Å². The van der Waals surface area contributed by atoms with Crippen LogP contribution in [0.4, 0.5) is 0 Å². The number of fused-ring (bicyclic) bond motifs is 16. The van der Waals surface area contributed by atoms with Crippen molar-refractivity contribution in [1.82, 2.24) is 39.9 Å². The van der Waals surface area contributed by atoms with E-state index in [1.54, 1.807) is 0 Å². The molecule has 7 heterocycles. The van der Waals surface area contributed by atoms with Gasteiger partial charge in [0.05, 0.1) is 0 Å². The standard InChI is InChI=1S/C22H8N8O10/c31-13-7-1-35-17(23-7)9-3-37-19(25-9)11-5-40-22(28-11)16(34)30-14(32)8-2-36-18(24-8)10-4-38-20(26-10)12-6-39-21(27-12)15(33)29-13/h1-6H,(H,29,31,33)(H,30,32,34). The van der Waals surface area contributed by atoms with Gasteiger partial charge in [-0.2, -0.15) is 9.97 Å². The smallest absolute Gasteiger partial charge is 0.314 e. The number of H-pyrrole nitrogens is 2. The lowest BCUT2D eigenvalue weighted by atomic mass is 10.6. The van der Waals surface area contributed by atoms with Gasteiger partial charge in [-0.15, -0.1) is 0 Å². The van der Waals surface area contributed by atoms with Gasteiger partial charge in [-0.3, -0.25) is 29.1 Å². The van der Waals surface area contributed by atoms with Crippen LogP contribution >= 0.6 is 0 Å². The van der Waals surface area contributed by atoms with Gasteiger partial charge in [0, 0.05) is 0 Å². The van der Waals surface area contributed by atoms with E-state index in [0.717, 1.165) is 37.6 Å². The maximum absolute atomic E-state index is 12.5. The van der Waals surface area contributed by atoms with Gasteiger partial charge in [0.15, 0.2) is 33.1 Å². The van der Waals surface area contributed by atoms with Crippen LogP contribution in [0.3, 0.4) is 0 Å². The molecular formula is C22H8N8O10. The fourth-order valence-corrected chi connectivity index (χ4v) is 3.36. The summed E-state index contributed by atoms with van der Waals surface area (Å²) in [4.78, 5) is 78.4. The highest BCUT2D eigenvalue weighted by Crippen LogP contribution is 2.16. The van der Waals surface area contributed by atoms with Crippen LogP contribution in [-0.4, -0.2) is 39.9 Å². The van der Waals surface area contributed by atoms with Crippen molar-refractivity contribution < 1.29 is 26.5 Å². The van der Waals surface area contributed by atoms with E-state index in [-0.39, 0.29) is 56.0 Å². The zero-order chi connectivity index (χ0) is 27.4. The minimum atomic E-state index is -0.981. The van der Waals surface area contributed by atoms with Crippen molar-refractivity contribution in [1.29, 1.82) is 0 Å². The number of oxazole rings is 6. The lowest BCUT2D eigenvalue weighted by molar-refractivity contribution is 0.600. The number of rotatable bonds is 0. The largest absolute Gasteiger partial charge is 0.442 e. The SMILES string of the molecule is O=c1[nH]c(=O)c2nc(co2)c2nc(co2)c2nc(co2)c(=O)[nH]c(=O)c2nc(co2)c2nc(co2)c2nc1co2. The number of aromatic amines is 2. The molecule has 2 N–H and O–H groups in total. The zero-order valence-electron chi connectivity index (χ0n) is 19.2. The molecule has 7 aromatic rings. The highest BCUT2D eigenvalue weighted by Gasteiger charge is 2.09. The van der Waals surface area contributed by atoms with E-state index in [4.69, 9.17) is 26.5 Å². The molecule has 0 fully saturated rings. The maximum Gasteiger partial charge on any atom is 0.314 e. The Morgan fingerprint density at radius 1 is 0.350 bits per heavy atom. The van der Waals surface area contributed by atoms with Gasteiger partial charge in [-0.25, -0.2) is 19.9 Å². The zero-order valence-corrected chi connectivity index (χ0v) is 19.2. The summed E-state index contributed by atoms with van der Waals surface area (Å²) in [5, 5.41) is 0. The van der Waals surface area contributed by atoms with Crippen molar-refractivity contribution in [3.8, 4) is 0 Å². The van der Waals surface area contributed by atoms with Gasteiger partial charge in [0.2, 0.25) is 22.9 Å². The Morgan fingerprint density at radius 2 is 0.600 bits per heavy atom. The highest BCUT2D eigenvalue weighted by molar-refractivity contribution is 5.77. The number of hydrogen-bond donors (Lipinski definition) is 2. The van der Waals surface area contributed by atoms with Crippen molar-refractivity contribution in [2.24, 2.45) is 0 Å². The van der Waals surface area contributed by atoms with E-state index in [1.165, 1.54) is 0 Å². The minimum Gasteiger partial charge on any atom is -0.442 e. The summed E-state index contributed by atoms with van der Waals surface area (Å²) in [6.07, 6.45) is 6.43. The highest BCUT2D eigenvalue weighted by atomic mass is 16.4.